The molecule has 6 N–H and O–H groups in total. The highest BCUT2D eigenvalue weighted by Gasteiger charge is 2.19. The molecular weight excluding hydrogens is 186 g/mol. The minimum Gasteiger partial charge on any atom is -0.870 e. The second kappa shape index (κ2) is 5.69. The first-order valence-electron chi connectivity index (χ1n) is 4.11. The summed E-state index contributed by atoms with van der Waals surface area (Å²) >= 11 is 0. The number of quaternary nitrogens is 1. The van der Waals surface area contributed by atoms with Gasteiger partial charge in [-0.3, -0.25) is 0 Å². The van der Waals surface area contributed by atoms with Crippen molar-refractivity contribution in [3.63, 3.8) is 0 Å². The first-order chi connectivity index (χ1) is 6.08. The van der Waals surface area contributed by atoms with Crippen molar-refractivity contribution in [1.29, 1.82) is 0 Å². The van der Waals surface area contributed by atoms with Gasteiger partial charge in [0.15, 0.2) is 6.54 Å². The van der Waals surface area contributed by atoms with Crippen LogP contribution in [-0.4, -0.2) is 33.3 Å². The Labute approximate surface area is 81.9 Å². The molecule has 0 saturated heterocycles. The fourth-order valence-electron chi connectivity index (χ4n) is 1.05. The molecule has 80 valence electrons. The summed E-state index contributed by atoms with van der Waals surface area (Å²) < 4.78 is 0. The van der Waals surface area contributed by atoms with Crippen LogP contribution in [-0.2, 0) is 6.54 Å². The van der Waals surface area contributed by atoms with Crippen LogP contribution in [0.4, 0.5) is 0 Å². The molecule has 5 heteroatoms. The van der Waals surface area contributed by atoms with Crippen molar-refractivity contribution in [2.45, 2.75) is 12.5 Å². The van der Waals surface area contributed by atoms with Crippen LogP contribution in [0.3, 0.4) is 0 Å². The molecule has 0 amide bonds. The Kier molecular flexibility index (Phi) is 5.29. The number of hydrogen-bond donors (Lipinski definition) is 4. The van der Waals surface area contributed by atoms with Gasteiger partial charge in [0.2, 0.25) is 0 Å². The fraction of sp³-hybridized carbons (Fsp3) is 0.333. The lowest BCUT2D eigenvalue weighted by molar-refractivity contribution is -0.701. The van der Waals surface area contributed by atoms with Crippen molar-refractivity contribution < 1.29 is 26.1 Å². The van der Waals surface area contributed by atoms with E-state index in [1.807, 2.05) is 30.3 Å². The standard InChI is InChI=1S/C9H13NO3.H2O/c11-9(12,13)7-10-6-8-4-2-1-3-5-8;/h1-5,10-13H,6-7H2;1H2. The molecule has 1 aromatic carbocycles. The van der Waals surface area contributed by atoms with E-state index in [0.717, 1.165) is 5.56 Å². The van der Waals surface area contributed by atoms with Crippen molar-refractivity contribution in [3.05, 3.63) is 35.9 Å². The van der Waals surface area contributed by atoms with Crippen LogP contribution in [0.5, 0.6) is 0 Å². The van der Waals surface area contributed by atoms with Crippen molar-refractivity contribution in [2.24, 2.45) is 0 Å². The lowest BCUT2D eigenvalue weighted by Gasteiger charge is -2.11. The van der Waals surface area contributed by atoms with Gasteiger partial charge in [-0.05, 0) is 0 Å². The summed E-state index contributed by atoms with van der Waals surface area (Å²) in [6, 6.07) is 9.60. The zero-order valence-electron chi connectivity index (χ0n) is 7.67. The Bertz CT molecular complexity index is 245. The van der Waals surface area contributed by atoms with E-state index >= 15 is 0 Å². The molecule has 0 aliphatic carbocycles. The summed E-state index contributed by atoms with van der Waals surface area (Å²) in [5.41, 5.74) is 1.08. The summed E-state index contributed by atoms with van der Waals surface area (Å²) in [7, 11) is 0. The predicted molar refractivity (Wildman–Crippen MR) is 48.3 cm³/mol. The van der Waals surface area contributed by atoms with Gasteiger partial charge < -0.3 is 26.1 Å². The monoisotopic (exact) mass is 201 g/mol. The van der Waals surface area contributed by atoms with Gasteiger partial charge in [0.1, 0.15) is 6.54 Å². The largest absolute Gasteiger partial charge is 0.870 e. The zero-order chi connectivity index (χ0) is 9.73. The minimum atomic E-state index is -2.57. The molecule has 0 aromatic heterocycles. The van der Waals surface area contributed by atoms with Crippen LogP contribution in [0.25, 0.3) is 0 Å². The summed E-state index contributed by atoms with van der Waals surface area (Å²) in [5.74, 6) is -2.57. The number of nitrogens with two attached hydrogens (primary N) is 1. The summed E-state index contributed by atoms with van der Waals surface area (Å²) in [6.07, 6.45) is 0. The van der Waals surface area contributed by atoms with E-state index in [2.05, 4.69) is 0 Å². The van der Waals surface area contributed by atoms with Gasteiger partial charge in [0.25, 0.3) is 0 Å². The van der Waals surface area contributed by atoms with E-state index in [-0.39, 0.29) is 12.0 Å². The Balaban J connectivity index is 0.00000169. The summed E-state index contributed by atoms with van der Waals surface area (Å²) in [5, 5.41) is 27.3. The minimum absolute atomic E-state index is 0. The lowest BCUT2D eigenvalue weighted by Crippen LogP contribution is -2.86. The van der Waals surface area contributed by atoms with Gasteiger partial charge in [-0.15, -0.1) is 0 Å². The second-order valence-corrected chi connectivity index (χ2v) is 2.96. The fourth-order valence-corrected chi connectivity index (χ4v) is 1.05. The normalized spacial score (nSPS) is 10.8. The van der Waals surface area contributed by atoms with Gasteiger partial charge in [-0.2, -0.15) is 0 Å². The van der Waals surface area contributed by atoms with Crippen LogP contribution in [0, 0.1) is 0 Å². The second-order valence-electron chi connectivity index (χ2n) is 2.96. The van der Waals surface area contributed by atoms with Crippen molar-refractivity contribution in [2.75, 3.05) is 6.54 Å². The number of aliphatic hydroxyl groups is 3. The maximum absolute atomic E-state index is 8.58. The molecule has 1 rings (SSSR count). The van der Waals surface area contributed by atoms with Crippen LogP contribution in [0.1, 0.15) is 5.56 Å². The highest BCUT2D eigenvalue weighted by atomic mass is 16.7. The molecule has 14 heavy (non-hydrogen) atoms. The molecule has 0 unspecified atom stereocenters. The van der Waals surface area contributed by atoms with E-state index in [4.69, 9.17) is 15.3 Å². The molecule has 0 atom stereocenters. The average Bonchev–Trinajstić information content (AvgIpc) is 2.04. The summed E-state index contributed by atoms with van der Waals surface area (Å²) in [6.45, 7) is 0.464. The third kappa shape index (κ3) is 5.63. The highest BCUT2D eigenvalue weighted by Crippen LogP contribution is 1.94. The number of hydrogen-bond acceptors (Lipinski definition) is 4. The third-order valence-corrected chi connectivity index (χ3v) is 1.64. The van der Waals surface area contributed by atoms with Gasteiger partial charge in [0, 0.05) is 5.56 Å². The van der Waals surface area contributed by atoms with E-state index in [9.17, 15) is 0 Å². The first kappa shape index (κ1) is 13.0. The van der Waals surface area contributed by atoms with E-state index in [1.54, 1.807) is 5.32 Å². The topological polar surface area (TPSA) is 107 Å². The summed E-state index contributed by atoms with van der Waals surface area (Å²) in [4.78, 5) is 0. The third-order valence-electron chi connectivity index (χ3n) is 1.64. The number of rotatable bonds is 4. The van der Waals surface area contributed by atoms with Crippen molar-refractivity contribution in [3.8, 4) is 0 Å². The SMILES string of the molecule is OC(O)(O)C[NH2+]Cc1ccccc1.[OH-]. The van der Waals surface area contributed by atoms with Crippen LogP contribution < -0.4 is 5.32 Å². The maximum atomic E-state index is 8.58. The molecule has 0 fully saturated rings. The van der Waals surface area contributed by atoms with Crippen LogP contribution in [0.2, 0.25) is 0 Å². The Morgan fingerprint density at radius 3 is 2.14 bits per heavy atom. The molecule has 0 spiro atoms. The van der Waals surface area contributed by atoms with Gasteiger partial charge in [-0.25, -0.2) is 0 Å². The molecule has 0 heterocycles. The van der Waals surface area contributed by atoms with Gasteiger partial charge >= 0.3 is 5.97 Å². The van der Waals surface area contributed by atoms with Crippen LogP contribution in [0.15, 0.2) is 30.3 Å². The van der Waals surface area contributed by atoms with Gasteiger partial charge in [0.05, 0.1) is 0 Å². The molecule has 5 nitrogen and oxygen atoms in total. The zero-order valence-corrected chi connectivity index (χ0v) is 7.67. The lowest BCUT2D eigenvalue weighted by atomic mass is 10.2. The Morgan fingerprint density at radius 1 is 1.07 bits per heavy atom. The predicted octanol–water partition coefficient (Wildman–Crippen LogP) is -1.80. The van der Waals surface area contributed by atoms with Crippen LogP contribution >= 0.6 is 0 Å². The van der Waals surface area contributed by atoms with E-state index in [0.29, 0.717) is 6.54 Å². The quantitative estimate of drug-likeness (QED) is 0.431. The van der Waals surface area contributed by atoms with Crippen molar-refractivity contribution in [1.82, 2.24) is 0 Å². The molecule has 0 saturated carbocycles. The Hall–Kier alpha value is -0.980. The first-order valence-corrected chi connectivity index (χ1v) is 4.11. The highest BCUT2D eigenvalue weighted by molar-refractivity contribution is 5.12. The Morgan fingerprint density at radius 2 is 1.64 bits per heavy atom. The maximum Gasteiger partial charge on any atom is 0.327 e. The number of benzene rings is 1. The smallest absolute Gasteiger partial charge is 0.327 e. The molecule has 0 aliphatic heterocycles. The van der Waals surface area contributed by atoms with E-state index < -0.39 is 5.97 Å². The molecule has 0 radical (unpaired) electrons. The molecule has 1 aromatic rings. The average molecular weight is 201 g/mol. The van der Waals surface area contributed by atoms with E-state index in [1.165, 1.54) is 0 Å². The van der Waals surface area contributed by atoms with Crippen molar-refractivity contribution >= 4 is 0 Å². The molecular formula is C9H15NO4. The van der Waals surface area contributed by atoms with Gasteiger partial charge in [-0.1, -0.05) is 30.3 Å². The molecule has 0 aliphatic rings. The molecule has 0 bridgehead atoms.